The molecule has 2 aromatic rings. The van der Waals surface area contributed by atoms with Gasteiger partial charge in [-0.2, -0.15) is 5.26 Å². The van der Waals surface area contributed by atoms with Gasteiger partial charge < -0.3 is 5.11 Å². The molecule has 1 aromatic carbocycles. The zero-order chi connectivity index (χ0) is 13.0. The van der Waals surface area contributed by atoms with Crippen LogP contribution >= 0.6 is 27.7 Å². The van der Waals surface area contributed by atoms with Crippen molar-refractivity contribution in [1.82, 2.24) is 4.98 Å². The normalized spacial score (nSPS) is 10.1. The lowest BCUT2D eigenvalue weighted by molar-refractivity contribution is 0.281. The van der Waals surface area contributed by atoms with Crippen molar-refractivity contribution in [2.75, 3.05) is 0 Å². The highest BCUT2D eigenvalue weighted by Gasteiger charge is 2.06. The van der Waals surface area contributed by atoms with Crippen LogP contribution in [0.15, 0.2) is 50.9 Å². The van der Waals surface area contributed by atoms with Gasteiger partial charge in [0.2, 0.25) is 0 Å². The highest BCUT2D eigenvalue weighted by molar-refractivity contribution is 9.10. The molecule has 1 heterocycles. The van der Waals surface area contributed by atoms with Gasteiger partial charge in [-0.25, -0.2) is 4.98 Å². The minimum Gasteiger partial charge on any atom is -0.392 e. The van der Waals surface area contributed by atoms with Gasteiger partial charge in [0.25, 0.3) is 0 Å². The van der Waals surface area contributed by atoms with Crippen molar-refractivity contribution in [2.45, 2.75) is 16.5 Å². The molecule has 3 nitrogen and oxygen atoms in total. The van der Waals surface area contributed by atoms with Crippen molar-refractivity contribution in [3.63, 3.8) is 0 Å². The van der Waals surface area contributed by atoms with Gasteiger partial charge >= 0.3 is 0 Å². The Morgan fingerprint density at radius 1 is 1.33 bits per heavy atom. The quantitative estimate of drug-likeness (QED) is 0.942. The second-order valence-corrected chi connectivity index (χ2v) is 5.50. The first-order chi connectivity index (χ1) is 8.72. The number of pyridine rings is 1. The Kier molecular flexibility index (Phi) is 4.37. The van der Waals surface area contributed by atoms with Crippen LogP contribution in [0.3, 0.4) is 0 Å². The van der Waals surface area contributed by atoms with Crippen LogP contribution in [0.5, 0.6) is 0 Å². The van der Waals surface area contributed by atoms with Gasteiger partial charge in [-0.1, -0.05) is 17.8 Å². The van der Waals surface area contributed by atoms with Crippen LogP contribution in [-0.4, -0.2) is 10.1 Å². The summed E-state index contributed by atoms with van der Waals surface area (Å²) in [4.78, 5) is 5.09. The lowest BCUT2D eigenvalue weighted by atomic mass is 10.1. The van der Waals surface area contributed by atoms with E-state index in [1.165, 1.54) is 11.8 Å². The summed E-state index contributed by atoms with van der Waals surface area (Å²) in [5.74, 6) is 0. The number of benzene rings is 1. The summed E-state index contributed by atoms with van der Waals surface area (Å²) in [5, 5.41) is 18.9. The molecule has 1 aromatic heterocycles. The number of hydrogen-bond donors (Lipinski definition) is 1. The number of aromatic nitrogens is 1. The average Bonchev–Trinajstić information content (AvgIpc) is 2.41. The summed E-state index contributed by atoms with van der Waals surface area (Å²) >= 11 is 4.76. The topological polar surface area (TPSA) is 56.9 Å². The zero-order valence-corrected chi connectivity index (χ0v) is 11.7. The largest absolute Gasteiger partial charge is 0.392 e. The van der Waals surface area contributed by atoms with Crippen LogP contribution in [0.25, 0.3) is 0 Å². The fourth-order valence-electron chi connectivity index (χ4n) is 1.39. The summed E-state index contributed by atoms with van der Waals surface area (Å²) < 4.78 is 0.919. The molecule has 0 atom stereocenters. The molecule has 0 aliphatic rings. The molecule has 2 rings (SSSR count). The monoisotopic (exact) mass is 320 g/mol. The minimum absolute atomic E-state index is 0.0594. The summed E-state index contributed by atoms with van der Waals surface area (Å²) in [6.07, 6.45) is 1.72. The summed E-state index contributed by atoms with van der Waals surface area (Å²) in [6.45, 7) is -0.0594. The van der Waals surface area contributed by atoms with Crippen molar-refractivity contribution >= 4 is 27.7 Å². The molecule has 0 spiro atoms. The molecule has 1 N–H and O–H groups in total. The molecule has 0 aliphatic heterocycles. The van der Waals surface area contributed by atoms with E-state index >= 15 is 0 Å². The van der Waals surface area contributed by atoms with Gasteiger partial charge in [0.15, 0.2) is 0 Å². The molecule has 0 aliphatic carbocycles. The SMILES string of the molecule is N#Cc1cc(CO)ccc1Sc1ccc(Br)cn1. The molecule has 0 unspecified atom stereocenters. The van der Waals surface area contributed by atoms with Crippen LogP contribution in [0, 0.1) is 11.3 Å². The maximum atomic E-state index is 9.09. The lowest BCUT2D eigenvalue weighted by Gasteiger charge is -2.05. The predicted molar refractivity (Wildman–Crippen MR) is 73.1 cm³/mol. The number of aliphatic hydroxyl groups excluding tert-OH is 1. The van der Waals surface area contributed by atoms with Crippen LogP contribution in [0.2, 0.25) is 0 Å². The second kappa shape index (κ2) is 6.01. The van der Waals surface area contributed by atoms with Gasteiger partial charge in [-0.15, -0.1) is 0 Å². The first kappa shape index (κ1) is 13.1. The highest BCUT2D eigenvalue weighted by Crippen LogP contribution is 2.29. The van der Waals surface area contributed by atoms with E-state index in [9.17, 15) is 0 Å². The molecule has 0 radical (unpaired) electrons. The first-order valence-corrected chi connectivity index (χ1v) is 6.77. The van der Waals surface area contributed by atoms with E-state index in [0.717, 1.165) is 20.0 Å². The van der Waals surface area contributed by atoms with E-state index in [4.69, 9.17) is 10.4 Å². The predicted octanol–water partition coefficient (Wildman–Crippen LogP) is 3.36. The minimum atomic E-state index is -0.0594. The van der Waals surface area contributed by atoms with E-state index in [1.807, 2.05) is 24.3 Å². The maximum absolute atomic E-state index is 9.09. The third-order valence-corrected chi connectivity index (χ3v) is 3.76. The van der Waals surface area contributed by atoms with Crippen LogP contribution in [0.1, 0.15) is 11.1 Å². The number of nitrogens with zero attached hydrogens (tertiary/aromatic N) is 2. The Balaban J connectivity index is 2.29. The van der Waals surface area contributed by atoms with Crippen molar-refractivity contribution < 1.29 is 5.11 Å². The van der Waals surface area contributed by atoms with E-state index in [0.29, 0.717) is 5.56 Å². The molecule has 0 amide bonds. The molecular formula is C13H9BrN2OS. The Morgan fingerprint density at radius 3 is 2.78 bits per heavy atom. The van der Waals surface area contributed by atoms with Gasteiger partial charge in [0.1, 0.15) is 11.1 Å². The zero-order valence-electron chi connectivity index (χ0n) is 9.30. The molecule has 0 saturated heterocycles. The van der Waals surface area contributed by atoms with Crippen molar-refractivity contribution in [1.29, 1.82) is 5.26 Å². The lowest BCUT2D eigenvalue weighted by Crippen LogP contribution is -1.88. The number of hydrogen-bond acceptors (Lipinski definition) is 4. The van der Waals surface area contributed by atoms with E-state index in [1.54, 1.807) is 12.3 Å². The fraction of sp³-hybridized carbons (Fsp3) is 0.0769. The van der Waals surface area contributed by atoms with E-state index in [2.05, 4.69) is 27.0 Å². The van der Waals surface area contributed by atoms with Crippen LogP contribution in [-0.2, 0) is 6.61 Å². The molecule has 18 heavy (non-hydrogen) atoms. The maximum Gasteiger partial charge on any atom is 0.101 e. The van der Waals surface area contributed by atoms with Crippen molar-refractivity contribution in [2.24, 2.45) is 0 Å². The summed E-state index contributed by atoms with van der Waals surface area (Å²) in [5.41, 5.74) is 1.29. The first-order valence-electron chi connectivity index (χ1n) is 5.16. The van der Waals surface area contributed by atoms with Crippen molar-refractivity contribution in [3.8, 4) is 6.07 Å². The molecule has 0 saturated carbocycles. The molecular weight excluding hydrogens is 312 g/mol. The fourth-order valence-corrected chi connectivity index (χ4v) is 2.44. The molecule has 0 fully saturated rings. The number of aliphatic hydroxyl groups is 1. The molecule has 90 valence electrons. The van der Waals surface area contributed by atoms with Gasteiger partial charge in [-0.05, 0) is 45.8 Å². The third-order valence-electron chi connectivity index (χ3n) is 2.26. The van der Waals surface area contributed by atoms with Crippen LogP contribution in [0.4, 0.5) is 0 Å². The highest BCUT2D eigenvalue weighted by atomic mass is 79.9. The Morgan fingerprint density at radius 2 is 2.17 bits per heavy atom. The summed E-state index contributed by atoms with van der Waals surface area (Å²) in [7, 11) is 0. The van der Waals surface area contributed by atoms with Gasteiger partial charge in [-0.3, -0.25) is 0 Å². The Labute approximate surface area is 118 Å². The van der Waals surface area contributed by atoms with Gasteiger partial charge in [0.05, 0.1) is 12.2 Å². The second-order valence-electron chi connectivity index (χ2n) is 3.52. The Hall–Kier alpha value is -1.35. The average molecular weight is 321 g/mol. The van der Waals surface area contributed by atoms with E-state index < -0.39 is 0 Å². The number of nitriles is 1. The molecule has 5 heteroatoms. The molecule has 0 bridgehead atoms. The van der Waals surface area contributed by atoms with Crippen molar-refractivity contribution in [3.05, 3.63) is 52.1 Å². The number of rotatable bonds is 3. The standard InChI is InChI=1S/C13H9BrN2OS/c14-11-2-4-13(16-7-11)18-12-3-1-9(8-17)5-10(12)6-15/h1-5,7,17H,8H2. The van der Waals surface area contributed by atoms with E-state index in [-0.39, 0.29) is 6.61 Å². The Bertz CT molecular complexity index is 593. The van der Waals surface area contributed by atoms with Crippen LogP contribution < -0.4 is 0 Å². The summed E-state index contributed by atoms with van der Waals surface area (Å²) in [6, 6.07) is 11.3. The number of halogens is 1. The third kappa shape index (κ3) is 3.10. The van der Waals surface area contributed by atoms with Gasteiger partial charge in [0, 0.05) is 15.6 Å². The smallest absolute Gasteiger partial charge is 0.101 e.